The van der Waals surface area contributed by atoms with E-state index in [4.69, 9.17) is 4.74 Å². The van der Waals surface area contributed by atoms with Gasteiger partial charge in [-0.3, -0.25) is 9.52 Å². The van der Waals surface area contributed by atoms with Gasteiger partial charge in [0, 0.05) is 22.2 Å². The van der Waals surface area contributed by atoms with Gasteiger partial charge in [-0.2, -0.15) is 0 Å². The van der Waals surface area contributed by atoms with Crippen LogP contribution in [-0.4, -0.2) is 38.8 Å². The van der Waals surface area contributed by atoms with E-state index in [1.54, 1.807) is 17.8 Å². The first-order chi connectivity index (χ1) is 13.2. The van der Waals surface area contributed by atoms with Gasteiger partial charge in [0.15, 0.2) is 6.10 Å². The van der Waals surface area contributed by atoms with Crippen LogP contribution < -0.4 is 4.72 Å². The lowest BCUT2D eigenvalue weighted by Crippen LogP contribution is -2.23. The van der Waals surface area contributed by atoms with Gasteiger partial charge in [-0.25, -0.2) is 13.2 Å². The summed E-state index contributed by atoms with van der Waals surface area (Å²) in [5.74, 6) is -0.998. The fourth-order valence-corrected chi connectivity index (χ4v) is 3.27. The molecule has 1 atom stereocenters. The maximum Gasteiger partial charge on any atom is 0.331 e. The lowest BCUT2D eigenvalue weighted by molar-refractivity contribution is -0.140. The molecular weight excluding hydrogens is 398 g/mol. The van der Waals surface area contributed by atoms with Crippen molar-refractivity contribution in [2.24, 2.45) is 0 Å². The van der Waals surface area contributed by atoms with Gasteiger partial charge >= 0.3 is 5.97 Å². The molecule has 6 nitrogen and oxygen atoms in total. The number of benzene rings is 2. The summed E-state index contributed by atoms with van der Waals surface area (Å²) in [4.78, 5) is 25.5. The number of carbonyl (C=O) groups excluding carboxylic acids is 2. The van der Waals surface area contributed by atoms with Gasteiger partial charge in [0.25, 0.3) is 0 Å². The van der Waals surface area contributed by atoms with Gasteiger partial charge in [0.2, 0.25) is 15.8 Å². The van der Waals surface area contributed by atoms with E-state index in [2.05, 4.69) is 4.72 Å². The third kappa shape index (κ3) is 6.86. The number of carbonyl (C=O) groups is 2. The molecule has 28 heavy (non-hydrogen) atoms. The van der Waals surface area contributed by atoms with Crippen LogP contribution >= 0.6 is 11.8 Å². The zero-order valence-electron chi connectivity index (χ0n) is 15.7. The highest BCUT2D eigenvalue weighted by Gasteiger charge is 2.18. The standard InChI is InChI=1S/C20H21NO5S2/c1-14(20(23)16-7-9-17(10-8-16)21-28(3,24)25)26-19(22)13-6-15-4-11-18(27-2)12-5-15/h4-14,21H,1-3H3/b13-6+/t14-/m0/s1. The van der Waals surface area contributed by atoms with Crippen molar-refractivity contribution >= 4 is 45.3 Å². The van der Waals surface area contributed by atoms with Crippen LogP contribution in [0.3, 0.4) is 0 Å². The van der Waals surface area contributed by atoms with E-state index in [9.17, 15) is 18.0 Å². The second kappa shape index (κ2) is 9.57. The number of ketones is 1. The zero-order valence-corrected chi connectivity index (χ0v) is 17.3. The fourth-order valence-electron chi connectivity index (χ4n) is 2.30. The number of ether oxygens (including phenoxy) is 1. The molecule has 0 heterocycles. The Labute approximate surface area is 169 Å². The highest BCUT2D eigenvalue weighted by molar-refractivity contribution is 7.98. The number of Topliss-reactive ketones (excluding diaryl/α,β-unsaturated/α-hetero) is 1. The minimum Gasteiger partial charge on any atom is -0.451 e. The van der Waals surface area contributed by atoms with Gasteiger partial charge in [0.1, 0.15) is 0 Å². The average Bonchev–Trinajstić information content (AvgIpc) is 2.65. The summed E-state index contributed by atoms with van der Waals surface area (Å²) in [6, 6.07) is 13.6. The minimum atomic E-state index is -3.39. The second-order valence-corrected chi connectivity index (χ2v) is 8.63. The number of hydrogen-bond donors (Lipinski definition) is 1. The van der Waals surface area contributed by atoms with Crippen molar-refractivity contribution in [3.8, 4) is 0 Å². The summed E-state index contributed by atoms with van der Waals surface area (Å²) in [7, 11) is -3.39. The maximum atomic E-state index is 12.4. The maximum absolute atomic E-state index is 12.4. The van der Waals surface area contributed by atoms with Crippen LogP contribution in [0.5, 0.6) is 0 Å². The zero-order chi connectivity index (χ0) is 20.7. The molecule has 0 unspecified atom stereocenters. The largest absolute Gasteiger partial charge is 0.451 e. The number of anilines is 1. The summed E-state index contributed by atoms with van der Waals surface area (Å²) in [6.07, 6.45) is 4.95. The van der Waals surface area contributed by atoms with Crippen molar-refractivity contribution < 1.29 is 22.7 Å². The summed E-state index contributed by atoms with van der Waals surface area (Å²) >= 11 is 1.63. The monoisotopic (exact) mass is 419 g/mol. The molecule has 0 radical (unpaired) electrons. The van der Waals surface area contributed by atoms with E-state index in [1.807, 2.05) is 30.5 Å². The van der Waals surface area contributed by atoms with Crippen molar-refractivity contribution in [2.75, 3.05) is 17.2 Å². The number of rotatable bonds is 8. The molecule has 8 heteroatoms. The van der Waals surface area contributed by atoms with Crippen molar-refractivity contribution in [1.82, 2.24) is 0 Å². The number of sulfonamides is 1. The van der Waals surface area contributed by atoms with E-state index in [-0.39, 0.29) is 5.78 Å². The SMILES string of the molecule is CSc1ccc(/C=C/C(=O)O[C@@H](C)C(=O)c2ccc(NS(C)(=O)=O)cc2)cc1. The lowest BCUT2D eigenvalue weighted by atomic mass is 10.1. The van der Waals surface area contributed by atoms with E-state index >= 15 is 0 Å². The minimum absolute atomic E-state index is 0.316. The smallest absolute Gasteiger partial charge is 0.331 e. The Kier molecular flexibility index (Phi) is 7.42. The van der Waals surface area contributed by atoms with Gasteiger partial charge in [0.05, 0.1) is 6.26 Å². The first-order valence-electron chi connectivity index (χ1n) is 8.33. The highest BCUT2D eigenvalue weighted by atomic mass is 32.2. The molecule has 1 N–H and O–H groups in total. The molecule has 0 saturated heterocycles. The Morgan fingerprint density at radius 3 is 2.21 bits per heavy atom. The van der Waals surface area contributed by atoms with Crippen molar-refractivity contribution in [2.45, 2.75) is 17.9 Å². The Morgan fingerprint density at radius 1 is 1.07 bits per heavy atom. The molecule has 2 rings (SSSR count). The molecule has 0 aliphatic carbocycles. The molecule has 0 spiro atoms. The van der Waals surface area contributed by atoms with Gasteiger partial charge in [-0.05, 0) is 61.2 Å². The Morgan fingerprint density at radius 2 is 1.68 bits per heavy atom. The van der Waals surface area contributed by atoms with Crippen LogP contribution in [0, 0.1) is 0 Å². The van der Waals surface area contributed by atoms with Crippen molar-refractivity contribution in [3.63, 3.8) is 0 Å². The van der Waals surface area contributed by atoms with Crippen LogP contribution in [-0.2, 0) is 19.6 Å². The highest BCUT2D eigenvalue weighted by Crippen LogP contribution is 2.16. The van der Waals surface area contributed by atoms with Crippen LogP contribution in [0.2, 0.25) is 0 Å². The summed E-state index contributed by atoms with van der Waals surface area (Å²) in [6.45, 7) is 1.49. The molecule has 0 fully saturated rings. The molecule has 0 saturated carbocycles. The van der Waals surface area contributed by atoms with Gasteiger partial charge in [-0.1, -0.05) is 12.1 Å². The topological polar surface area (TPSA) is 89.5 Å². The van der Waals surface area contributed by atoms with E-state index in [0.29, 0.717) is 11.3 Å². The first kappa shape index (κ1) is 21.7. The van der Waals surface area contributed by atoms with E-state index in [1.165, 1.54) is 37.3 Å². The molecule has 0 aliphatic heterocycles. The molecular formula is C20H21NO5S2. The van der Waals surface area contributed by atoms with Crippen molar-refractivity contribution in [3.05, 3.63) is 65.7 Å². The number of hydrogen-bond acceptors (Lipinski definition) is 6. The normalized spacial score (nSPS) is 12.5. The molecule has 0 aliphatic rings. The van der Waals surface area contributed by atoms with Crippen molar-refractivity contribution in [1.29, 1.82) is 0 Å². The fraction of sp³-hybridized carbons (Fsp3) is 0.200. The average molecular weight is 420 g/mol. The first-order valence-corrected chi connectivity index (χ1v) is 11.4. The van der Waals surface area contributed by atoms with Crippen LogP contribution in [0.4, 0.5) is 5.69 Å². The molecule has 0 aromatic heterocycles. The third-order valence-electron chi connectivity index (χ3n) is 3.66. The van der Waals surface area contributed by atoms with E-state index in [0.717, 1.165) is 16.7 Å². The summed E-state index contributed by atoms with van der Waals surface area (Å²) in [5, 5.41) is 0. The lowest BCUT2D eigenvalue weighted by Gasteiger charge is -2.11. The quantitative estimate of drug-likeness (QED) is 0.304. The predicted octanol–water partition coefficient (Wildman–Crippen LogP) is 3.61. The Balaban J connectivity index is 1.95. The van der Waals surface area contributed by atoms with Gasteiger partial charge in [-0.15, -0.1) is 11.8 Å². The number of nitrogens with one attached hydrogen (secondary N) is 1. The number of esters is 1. The molecule has 2 aromatic carbocycles. The van der Waals surface area contributed by atoms with E-state index < -0.39 is 22.1 Å². The van der Waals surface area contributed by atoms with Gasteiger partial charge < -0.3 is 4.74 Å². The molecule has 0 amide bonds. The van der Waals surface area contributed by atoms with Crippen LogP contribution in [0.25, 0.3) is 6.08 Å². The summed E-state index contributed by atoms with van der Waals surface area (Å²) < 4.78 is 29.9. The third-order valence-corrected chi connectivity index (χ3v) is 5.01. The predicted molar refractivity (Wildman–Crippen MR) is 112 cm³/mol. The van der Waals surface area contributed by atoms with Crippen LogP contribution in [0.1, 0.15) is 22.8 Å². The number of thioether (sulfide) groups is 1. The second-order valence-electron chi connectivity index (χ2n) is 6.00. The summed E-state index contributed by atoms with van der Waals surface area (Å²) in [5.41, 5.74) is 1.51. The Bertz CT molecular complexity index is 965. The molecule has 0 bridgehead atoms. The molecule has 2 aromatic rings. The molecule has 148 valence electrons. The van der Waals surface area contributed by atoms with Crippen LogP contribution in [0.15, 0.2) is 59.5 Å². The Hall–Kier alpha value is -2.58.